The van der Waals surface area contributed by atoms with Gasteiger partial charge in [0, 0.05) is 38.3 Å². The molecule has 1 rings (SSSR count). The van der Waals surface area contributed by atoms with Gasteiger partial charge in [-0.15, -0.1) is 12.4 Å². The Labute approximate surface area is 115 Å². The van der Waals surface area contributed by atoms with Gasteiger partial charge in [-0.25, -0.2) is 0 Å². The maximum absolute atomic E-state index is 11.3. The van der Waals surface area contributed by atoms with Gasteiger partial charge in [-0.2, -0.15) is 0 Å². The summed E-state index contributed by atoms with van der Waals surface area (Å²) in [6, 6.07) is 10.4. The van der Waals surface area contributed by atoms with Crippen LogP contribution in [-0.2, 0) is 4.79 Å². The van der Waals surface area contributed by atoms with Gasteiger partial charge >= 0.3 is 0 Å². The quantitative estimate of drug-likeness (QED) is 0.822. The first kappa shape index (κ1) is 16.7. The SMILES string of the molecule is CC(CNC(=O)CCN)N(C)c1ccccc1.Cl. The maximum Gasteiger partial charge on any atom is 0.221 e. The van der Waals surface area contributed by atoms with Crippen LogP contribution in [0.3, 0.4) is 0 Å². The molecule has 0 aromatic heterocycles. The molecular weight excluding hydrogens is 250 g/mol. The summed E-state index contributed by atoms with van der Waals surface area (Å²) in [6.07, 6.45) is 0.391. The van der Waals surface area contributed by atoms with Crippen molar-refractivity contribution in [2.24, 2.45) is 5.73 Å². The second-order valence-corrected chi connectivity index (χ2v) is 4.14. The third-order valence-electron chi connectivity index (χ3n) is 2.79. The molecule has 102 valence electrons. The number of para-hydroxylation sites is 1. The smallest absolute Gasteiger partial charge is 0.221 e. The van der Waals surface area contributed by atoms with E-state index in [1.54, 1.807) is 0 Å². The number of nitrogens with one attached hydrogen (secondary N) is 1. The zero-order valence-corrected chi connectivity index (χ0v) is 11.7. The fourth-order valence-corrected chi connectivity index (χ4v) is 1.54. The number of amides is 1. The molecule has 4 nitrogen and oxygen atoms in total. The Morgan fingerprint density at radius 2 is 2.00 bits per heavy atom. The lowest BCUT2D eigenvalue weighted by Crippen LogP contribution is -2.40. The van der Waals surface area contributed by atoms with E-state index in [9.17, 15) is 4.79 Å². The summed E-state index contributed by atoms with van der Waals surface area (Å²) in [5.41, 5.74) is 6.46. The van der Waals surface area contributed by atoms with Crippen molar-refractivity contribution in [3.63, 3.8) is 0 Å². The Bertz CT molecular complexity index is 345. The van der Waals surface area contributed by atoms with Gasteiger partial charge in [0.05, 0.1) is 0 Å². The Morgan fingerprint density at radius 1 is 1.39 bits per heavy atom. The molecule has 1 unspecified atom stereocenters. The number of hydrogen-bond donors (Lipinski definition) is 2. The third kappa shape index (κ3) is 5.38. The van der Waals surface area contributed by atoms with Gasteiger partial charge in [0.15, 0.2) is 0 Å². The van der Waals surface area contributed by atoms with Crippen LogP contribution in [0.2, 0.25) is 0 Å². The zero-order valence-electron chi connectivity index (χ0n) is 10.9. The van der Waals surface area contributed by atoms with Crippen LogP contribution < -0.4 is 16.0 Å². The number of nitrogens with zero attached hydrogens (tertiary/aromatic N) is 1. The Morgan fingerprint density at radius 3 is 2.56 bits per heavy atom. The van der Waals surface area contributed by atoms with Crippen molar-refractivity contribution in [2.75, 3.05) is 25.0 Å². The van der Waals surface area contributed by atoms with Crippen molar-refractivity contribution in [2.45, 2.75) is 19.4 Å². The monoisotopic (exact) mass is 271 g/mol. The van der Waals surface area contributed by atoms with E-state index < -0.39 is 0 Å². The minimum Gasteiger partial charge on any atom is -0.370 e. The number of anilines is 1. The average molecular weight is 272 g/mol. The van der Waals surface area contributed by atoms with Crippen LogP contribution in [0.15, 0.2) is 30.3 Å². The number of hydrogen-bond acceptors (Lipinski definition) is 3. The van der Waals surface area contributed by atoms with Crippen LogP contribution in [0.5, 0.6) is 0 Å². The first-order valence-electron chi connectivity index (χ1n) is 5.89. The van der Waals surface area contributed by atoms with E-state index in [-0.39, 0.29) is 24.4 Å². The molecular formula is C13H22ClN3O. The standard InChI is InChI=1S/C13H21N3O.ClH/c1-11(10-15-13(17)8-9-14)16(2)12-6-4-3-5-7-12;/h3-7,11H,8-10,14H2,1-2H3,(H,15,17);1H. The van der Waals surface area contributed by atoms with Crippen LogP contribution in [0.1, 0.15) is 13.3 Å². The van der Waals surface area contributed by atoms with Crippen LogP contribution in [-0.4, -0.2) is 32.1 Å². The van der Waals surface area contributed by atoms with Crippen molar-refractivity contribution in [3.8, 4) is 0 Å². The molecule has 0 aliphatic rings. The summed E-state index contributed by atoms with van der Waals surface area (Å²) in [5.74, 6) is 0.0146. The maximum atomic E-state index is 11.3. The highest BCUT2D eigenvalue weighted by Crippen LogP contribution is 2.13. The molecule has 1 aromatic carbocycles. The first-order chi connectivity index (χ1) is 8.15. The van der Waals surface area contributed by atoms with E-state index in [1.807, 2.05) is 25.2 Å². The fraction of sp³-hybridized carbons (Fsp3) is 0.462. The summed E-state index contributed by atoms with van der Waals surface area (Å²) >= 11 is 0. The summed E-state index contributed by atoms with van der Waals surface area (Å²) in [7, 11) is 2.02. The Hall–Kier alpha value is -1.26. The topological polar surface area (TPSA) is 58.4 Å². The van der Waals surface area contributed by atoms with Crippen LogP contribution in [0, 0.1) is 0 Å². The average Bonchev–Trinajstić information content (AvgIpc) is 2.36. The minimum absolute atomic E-state index is 0. The number of benzene rings is 1. The van der Waals surface area contributed by atoms with E-state index in [4.69, 9.17) is 5.73 Å². The molecule has 0 aliphatic heterocycles. The number of likely N-dealkylation sites (N-methyl/N-ethyl adjacent to an activating group) is 1. The number of rotatable bonds is 6. The molecule has 0 bridgehead atoms. The number of halogens is 1. The fourth-order valence-electron chi connectivity index (χ4n) is 1.54. The molecule has 18 heavy (non-hydrogen) atoms. The van der Waals surface area contributed by atoms with E-state index in [0.717, 1.165) is 5.69 Å². The predicted octanol–water partition coefficient (Wildman–Crippen LogP) is 1.40. The first-order valence-corrected chi connectivity index (χ1v) is 5.89. The molecule has 0 saturated carbocycles. The van der Waals surface area contributed by atoms with Crippen LogP contribution in [0.4, 0.5) is 5.69 Å². The second kappa shape index (κ2) is 8.78. The molecule has 0 spiro atoms. The summed E-state index contributed by atoms with van der Waals surface area (Å²) in [4.78, 5) is 13.4. The van der Waals surface area contributed by atoms with E-state index >= 15 is 0 Å². The summed E-state index contributed by atoms with van der Waals surface area (Å²) in [6.45, 7) is 3.11. The zero-order chi connectivity index (χ0) is 12.7. The lowest BCUT2D eigenvalue weighted by molar-refractivity contribution is -0.120. The van der Waals surface area contributed by atoms with Crippen molar-refractivity contribution in [1.29, 1.82) is 0 Å². The van der Waals surface area contributed by atoms with Gasteiger partial charge in [-0.3, -0.25) is 4.79 Å². The molecule has 1 atom stereocenters. The molecule has 0 aliphatic carbocycles. The molecule has 0 saturated heterocycles. The third-order valence-corrected chi connectivity index (χ3v) is 2.79. The Balaban J connectivity index is 0.00000289. The number of carbonyl (C=O) groups excluding carboxylic acids is 1. The molecule has 1 aromatic rings. The predicted molar refractivity (Wildman–Crippen MR) is 78.2 cm³/mol. The van der Waals surface area contributed by atoms with Crippen LogP contribution >= 0.6 is 12.4 Å². The van der Waals surface area contributed by atoms with Crippen molar-refractivity contribution >= 4 is 24.0 Å². The molecule has 0 heterocycles. The van der Waals surface area contributed by atoms with E-state index in [2.05, 4.69) is 29.3 Å². The van der Waals surface area contributed by atoms with Crippen molar-refractivity contribution < 1.29 is 4.79 Å². The number of nitrogens with two attached hydrogens (primary N) is 1. The molecule has 3 N–H and O–H groups in total. The molecule has 0 radical (unpaired) electrons. The normalized spacial score (nSPS) is 11.3. The van der Waals surface area contributed by atoms with Gasteiger partial charge < -0.3 is 16.0 Å². The highest BCUT2D eigenvalue weighted by molar-refractivity contribution is 5.85. The summed E-state index contributed by atoms with van der Waals surface area (Å²) < 4.78 is 0. The second-order valence-electron chi connectivity index (χ2n) is 4.14. The highest BCUT2D eigenvalue weighted by Gasteiger charge is 2.10. The lowest BCUT2D eigenvalue weighted by atomic mass is 10.2. The van der Waals surface area contributed by atoms with Gasteiger partial charge in [-0.05, 0) is 19.1 Å². The van der Waals surface area contributed by atoms with Gasteiger partial charge in [0.1, 0.15) is 0 Å². The van der Waals surface area contributed by atoms with Gasteiger partial charge in [-0.1, -0.05) is 18.2 Å². The Kier molecular flexibility index (Phi) is 8.16. The molecule has 1 amide bonds. The minimum atomic E-state index is 0. The van der Waals surface area contributed by atoms with Crippen molar-refractivity contribution in [1.82, 2.24) is 5.32 Å². The van der Waals surface area contributed by atoms with Crippen molar-refractivity contribution in [3.05, 3.63) is 30.3 Å². The van der Waals surface area contributed by atoms with Gasteiger partial charge in [0.25, 0.3) is 0 Å². The van der Waals surface area contributed by atoms with Gasteiger partial charge in [0.2, 0.25) is 5.91 Å². The molecule has 5 heteroatoms. The largest absolute Gasteiger partial charge is 0.370 e. The van der Waals surface area contributed by atoms with Crippen LogP contribution in [0.25, 0.3) is 0 Å². The van der Waals surface area contributed by atoms with E-state index in [0.29, 0.717) is 19.5 Å². The number of carbonyl (C=O) groups is 1. The highest BCUT2D eigenvalue weighted by atomic mass is 35.5. The summed E-state index contributed by atoms with van der Waals surface area (Å²) in [5, 5.41) is 2.87. The lowest BCUT2D eigenvalue weighted by Gasteiger charge is -2.27. The van der Waals surface area contributed by atoms with E-state index in [1.165, 1.54) is 0 Å². The molecule has 0 fully saturated rings.